The first-order chi connectivity index (χ1) is 8.68. The highest BCUT2D eigenvalue weighted by molar-refractivity contribution is 8.11. The molecular formula is C12H8ClNO2S2. The number of amides is 2. The summed E-state index contributed by atoms with van der Waals surface area (Å²) in [5.74, 6) is 1.28. The molecule has 1 aromatic carbocycles. The number of thioether (sulfide) groups is 2. The van der Waals surface area contributed by atoms with Crippen molar-refractivity contribution in [3.63, 3.8) is 0 Å². The second-order valence-corrected chi connectivity index (χ2v) is 6.43. The standard InChI is InChI=1S/C12H8ClNO2S2/c13-7-2-1-3-8(6-7)14-11(15)9-10(12(14)16)18-5-4-17-9/h1-3,6H,4-5H2. The van der Waals surface area contributed by atoms with E-state index in [1.54, 1.807) is 24.3 Å². The lowest BCUT2D eigenvalue weighted by Gasteiger charge is -2.14. The van der Waals surface area contributed by atoms with Crippen LogP contribution >= 0.6 is 35.1 Å². The van der Waals surface area contributed by atoms with Crippen LogP contribution in [0.25, 0.3) is 0 Å². The molecule has 0 saturated heterocycles. The Bertz CT molecular complexity index is 557. The van der Waals surface area contributed by atoms with Gasteiger partial charge in [-0.25, -0.2) is 4.90 Å². The molecule has 0 fully saturated rings. The summed E-state index contributed by atoms with van der Waals surface area (Å²) >= 11 is 8.82. The highest BCUT2D eigenvalue weighted by atomic mass is 35.5. The SMILES string of the molecule is O=C1C2=C(SCCS2)C(=O)N1c1cccc(Cl)c1. The fourth-order valence-electron chi connectivity index (χ4n) is 1.88. The minimum Gasteiger partial charge on any atom is -0.268 e. The van der Waals surface area contributed by atoms with Crippen molar-refractivity contribution in [2.75, 3.05) is 16.4 Å². The van der Waals surface area contributed by atoms with Gasteiger partial charge in [0.05, 0.1) is 15.5 Å². The van der Waals surface area contributed by atoms with Crippen LogP contribution in [0.5, 0.6) is 0 Å². The first-order valence-electron chi connectivity index (χ1n) is 5.33. The van der Waals surface area contributed by atoms with E-state index in [0.717, 1.165) is 11.5 Å². The summed E-state index contributed by atoms with van der Waals surface area (Å²) in [6.45, 7) is 0. The van der Waals surface area contributed by atoms with Gasteiger partial charge in [0.1, 0.15) is 0 Å². The molecule has 0 saturated carbocycles. The Labute approximate surface area is 118 Å². The molecule has 0 spiro atoms. The molecule has 2 aliphatic heterocycles. The number of hydrogen-bond donors (Lipinski definition) is 0. The van der Waals surface area contributed by atoms with E-state index in [2.05, 4.69) is 0 Å². The first-order valence-corrected chi connectivity index (χ1v) is 7.67. The number of hydrogen-bond acceptors (Lipinski definition) is 4. The number of halogens is 1. The molecule has 0 bridgehead atoms. The number of anilines is 1. The van der Waals surface area contributed by atoms with E-state index in [-0.39, 0.29) is 11.8 Å². The molecular weight excluding hydrogens is 290 g/mol. The van der Waals surface area contributed by atoms with Crippen molar-refractivity contribution in [3.8, 4) is 0 Å². The molecule has 3 nitrogen and oxygen atoms in total. The third-order valence-corrected chi connectivity index (χ3v) is 5.42. The lowest BCUT2D eigenvalue weighted by Crippen LogP contribution is -2.31. The van der Waals surface area contributed by atoms with E-state index in [9.17, 15) is 9.59 Å². The summed E-state index contributed by atoms with van der Waals surface area (Å²) < 4.78 is 0. The van der Waals surface area contributed by atoms with Crippen LogP contribution in [0.15, 0.2) is 34.1 Å². The van der Waals surface area contributed by atoms with Crippen molar-refractivity contribution < 1.29 is 9.59 Å². The van der Waals surface area contributed by atoms with Crippen molar-refractivity contribution in [3.05, 3.63) is 39.1 Å². The summed E-state index contributed by atoms with van der Waals surface area (Å²) in [4.78, 5) is 26.8. The molecule has 3 rings (SSSR count). The zero-order valence-electron chi connectivity index (χ0n) is 9.18. The molecule has 18 heavy (non-hydrogen) atoms. The number of imide groups is 1. The van der Waals surface area contributed by atoms with Gasteiger partial charge in [0.25, 0.3) is 11.8 Å². The highest BCUT2D eigenvalue weighted by Gasteiger charge is 2.41. The normalized spacial score (nSPS) is 19.5. The van der Waals surface area contributed by atoms with Gasteiger partial charge >= 0.3 is 0 Å². The maximum Gasteiger partial charge on any atom is 0.273 e. The Kier molecular flexibility index (Phi) is 3.13. The molecule has 2 heterocycles. The van der Waals surface area contributed by atoms with Crippen molar-refractivity contribution in [2.24, 2.45) is 0 Å². The van der Waals surface area contributed by atoms with E-state index < -0.39 is 0 Å². The molecule has 0 unspecified atom stereocenters. The average Bonchev–Trinajstić information content (AvgIpc) is 2.63. The number of rotatable bonds is 1. The zero-order chi connectivity index (χ0) is 12.7. The fraction of sp³-hybridized carbons (Fsp3) is 0.167. The summed E-state index contributed by atoms with van der Waals surface area (Å²) in [6, 6.07) is 6.79. The molecule has 0 N–H and O–H groups in total. The maximum atomic E-state index is 12.2. The van der Waals surface area contributed by atoms with Crippen LogP contribution in [0.3, 0.4) is 0 Å². The number of carbonyl (C=O) groups excluding carboxylic acids is 2. The molecule has 6 heteroatoms. The van der Waals surface area contributed by atoms with Crippen molar-refractivity contribution in [1.29, 1.82) is 0 Å². The number of benzene rings is 1. The molecule has 1 aromatic rings. The minimum absolute atomic E-state index is 0.227. The van der Waals surface area contributed by atoms with Gasteiger partial charge in [-0.05, 0) is 18.2 Å². The van der Waals surface area contributed by atoms with Crippen molar-refractivity contribution in [1.82, 2.24) is 0 Å². The third kappa shape index (κ3) is 1.86. The Balaban J connectivity index is 2.02. The quantitative estimate of drug-likeness (QED) is 0.747. The highest BCUT2D eigenvalue weighted by Crippen LogP contribution is 2.42. The van der Waals surface area contributed by atoms with Crippen LogP contribution in [0, 0.1) is 0 Å². The molecule has 0 aliphatic carbocycles. The first kappa shape index (κ1) is 12.1. The summed E-state index contributed by atoms with van der Waals surface area (Å²) in [6.07, 6.45) is 0. The molecule has 2 aliphatic rings. The summed E-state index contributed by atoms with van der Waals surface area (Å²) in [5, 5.41) is 0.512. The van der Waals surface area contributed by atoms with Crippen LogP contribution < -0.4 is 4.90 Å². The Morgan fingerprint density at radius 1 is 1.06 bits per heavy atom. The Morgan fingerprint density at radius 2 is 1.67 bits per heavy atom. The smallest absolute Gasteiger partial charge is 0.268 e. The molecule has 2 amide bonds. The van der Waals surface area contributed by atoms with Gasteiger partial charge < -0.3 is 0 Å². The van der Waals surface area contributed by atoms with Crippen LogP contribution in [-0.4, -0.2) is 23.3 Å². The number of nitrogens with zero attached hydrogens (tertiary/aromatic N) is 1. The molecule has 0 radical (unpaired) electrons. The van der Waals surface area contributed by atoms with E-state index in [1.165, 1.54) is 28.4 Å². The second-order valence-electron chi connectivity index (χ2n) is 3.78. The zero-order valence-corrected chi connectivity index (χ0v) is 11.6. The predicted octanol–water partition coefficient (Wildman–Crippen LogP) is 2.90. The van der Waals surface area contributed by atoms with E-state index in [1.807, 2.05) is 0 Å². The minimum atomic E-state index is -0.227. The molecule has 92 valence electrons. The monoisotopic (exact) mass is 297 g/mol. The van der Waals surface area contributed by atoms with Crippen molar-refractivity contribution in [2.45, 2.75) is 0 Å². The van der Waals surface area contributed by atoms with Gasteiger partial charge in [0, 0.05) is 16.5 Å². The van der Waals surface area contributed by atoms with Gasteiger partial charge in [-0.1, -0.05) is 17.7 Å². The molecule has 0 atom stereocenters. The van der Waals surface area contributed by atoms with Gasteiger partial charge in [0.15, 0.2) is 0 Å². The topological polar surface area (TPSA) is 37.4 Å². The van der Waals surface area contributed by atoms with Gasteiger partial charge in [-0.3, -0.25) is 9.59 Å². The molecule has 0 aromatic heterocycles. The number of carbonyl (C=O) groups is 2. The maximum absolute atomic E-state index is 12.2. The largest absolute Gasteiger partial charge is 0.273 e. The third-order valence-electron chi connectivity index (χ3n) is 2.64. The van der Waals surface area contributed by atoms with E-state index in [0.29, 0.717) is 20.5 Å². The lowest BCUT2D eigenvalue weighted by molar-refractivity contribution is -0.120. The van der Waals surface area contributed by atoms with Crippen molar-refractivity contribution >= 4 is 52.6 Å². The predicted molar refractivity (Wildman–Crippen MR) is 75.9 cm³/mol. The Hall–Kier alpha value is -0.910. The van der Waals surface area contributed by atoms with Gasteiger partial charge in [-0.15, -0.1) is 23.5 Å². The second kappa shape index (κ2) is 4.64. The summed E-state index contributed by atoms with van der Waals surface area (Å²) in [5.41, 5.74) is 0.535. The van der Waals surface area contributed by atoms with Crippen LogP contribution in [-0.2, 0) is 9.59 Å². The van der Waals surface area contributed by atoms with Gasteiger partial charge in [-0.2, -0.15) is 0 Å². The van der Waals surface area contributed by atoms with Gasteiger partial charge in [0.2, 0.25) is 0 Å². The average molecular weight is 298 g/mol. The van der Waals surface area contributed by atoms with E-state index >= 15 is 0 Å². The lowest BCUT2D eigenvalue weighted by atomic mass is 10.3. The fourth-order valence-corrected chi connectivity index (χ4v) is 4.36. The van der Waals surface area contributed by atoms with Crippen LogP contribution in [0.2, 0.25) is 5.02 Å². The van der Waals surface area contributed by atoms with Crippen LogP contribution in [0.4, 0.5) is 5.69 Å². The summed E-state index contributed by atoms with van der Waals surface area (Å²) in [7, 11) is 0. The van der Waals surface area contributed by atoms with Crippen LogP contribution in [0.1, 0.15) is 0 Å². The Morgan fingerprint density at radius 3 is 2.22 bits per heavy atom. The van der Waals surface area contributed by atoms with E-state index in [4.69, 9.17) is 11.6 Å².